The van der Waals surface area contributed by atoms with Gasteiger partial charge in [0.1, 0.15) is 6.04 Å². The maximum atomic E-state index is 11.1. The van der Waals surface area contributed by atoms with Crippen LogP contribution in [0.2, 0.25) is 0 Å². The number of carboxylic acids is 1. The summed E-state index contributed by atoms with van der Waals surface area (Å²) in [4.78, 5) is 22.0. The number of carboxylic acid groups (broad SMARTS) is 1. The molecule has 0 aliphatic rings. The minimum atomic E-state index is -1.03. The monoisotopic (exact) mass is 285 g/mol. The van der Waals surface area contributed by atoms with Crippen molar-refractivity contribution in [2.75, 3.05) is 5.33 Å². The zero-order valence-corrected chi connectivity index (χ0v) is 10.1. The van der Waals surface area contributed by atoms with Crippen LogP contribution in [0.15, 0.2) is 30.3 Å². The molecule has 5 heteroatoms. The van der Waals surface area contributed by atoms with Gasteiger partial charge in [0.15, 0.2) is 0 Å². The zero-order valence-electron chi connectivity index (χ0n) is 8.52. The lowest BCUT2D eigenvalue weighted by molar-refractivity contribution is -0.141. The first-order valence-corrected chi connectivity index (χ1v) is 5.87. The molecule has 0 saturated carbocycles. The second-order valence-electron chi connectivity index (χ2n) is 3.28. The molecule has 0 spiro atoms. The largest absolute Gasteiger partial charge is 0.480 e. The van der Waals surface area contributed by atoms with Gasteiger partial charge in [0.25, 0.3) is 0 Å². The van der Waals surface area contributed by atoms with E-state index in [2.05, 4.69) is 21.2 Å². The van der Waals surface area contributed by atoms with E-state index in [0.29, 0.717) is 0 Å². The van der Waals surface area contributed by atoms with E-state index in [1.54, 1.807) is 0 Å². The topological polar surface area (TPSA) is 66.4 Å². The second-order valence-corrected chi connectivity index (χ2v) is 3.84. The summed E-state index contributed by atoms with van der Waals surface area (Å²) < 4.78 is 0. The van der Waals surface area contributed by atoms with Crippen LogP contribution in [0.3, 0.4) is 0 Å². The lowest BCUT2D eigenvalue weighted by Crippen LogP contribution is -2.42. The van der Waals surface area contributed by atoms with E-state index in [1.165, 1.54) is 0 Å². The number of aliphatic carboxylic acids is 1. The van der Waals surface area contributed by atoms with Gasteiger partial charge in [-0.05, 0) is 5.56 Å². The Morgan fingerprint density at radius 2 is 1.94 bits per heavy atom. The number of rotatable bonds is 5. The summed E-state index contributed by atoms with van der Waals surface area (Å²) in [5, 5.41) is 11.5. The highest BCUT2D eigenvalue weighted by molar-refractivity contribution is 9.09. The Kier molecular flexibility index (Phi) is 4.98. The molecule has 0 aromatic heterocycles. The minimum Gasteiger partial charge on any atom is -0.480 e. The fraction of sp³-hybridized carbons (Fsp3) is 0.273. The number of nitrogens with one attached hydrogen (secondary N) is 1. The van der Waals surface area contributed by atoms with Gasteiger partial charge in [-0.25, -0.2) is 4.79 Å². The third-order valence-electron chi connectivity index (χ3n) is 2.04. The number of hydrogen-bond donors (Lipinski definition) is 2. The van der Waals surface area contributed by atoms with Gasteiger partial charge in [-0.2, -0.15) is 0 Å². The van der Waals surface area contributed by atoms with E-state index in [1.807, 2.05) is 30.3 Å². The number of alkyl halides is 1. The molecule has 1 amide bonds. The van der Waals surface area contributed by atoms with E-state index in [0.717, 1.165) is 5.56 Å². The van der Waals surface area contributed by atoms with Crippen LogP contribution in [-0.4, -0.2) is 28.4 Å². The van der Waals surface area contributed by atoms with E-state index in [4.69, 9.17) is 5.11 Å². The highest BCUT2D eigenvalue weighted by atomic mass is 79.9. The normalized spacial score (nSPS) is 11.8. The molecule has 4 nitrogen and oxygen atoms in total. The third-order valence-corrected chi connectivity index (χ3v) is 2.55. The Balaban J connectivity index is 2.65. The molecule has 1 aromatic rings. The predicted molar refractivity (Wildman–Crippen MR) is 63.5 cm³/mol. The summed E-state index contributed by atoms with van der Waals surface area (Å²) in [5.41, 5.74) is 0.879. The van der Waals surface area contributed by atoms with Gasteiger partial charge >= 0.3 is 5.97 Å². The number of carbonyl (C=O) groups excluding carboxylic acids is 1. The highest BCUT2D eigenvalue weighted by Gasteiger charge is 2.19. The van der Waals surface area contributed by atoms with E-state index in [-0.39, 0.29) is 17.7 Å². The molecule has 0 fully saturated rings. The fourth-order valence-corrected chi connectivity index (χ4v) is 1.44. The maximum absolute atomic E-state index is 11.1. The number of hydrogen-bond acceptors (Lipinski definition) is 2. The Hall–Kier alpha value is -1.36. The summed E-state index contributed by atoms with van der Waals surface area (Å²) in [7, 11) is 0. The quantitative estimate of drug-likeness (QED) is 0.799. The number of benzene rings is 1. The molecule has 1 atom stereocenters. The molecule has 0 aliphatic carbocycles. The molecule has 0 aliphatic heterocycles. The lowest BCUT2D eigenvalue weighted by Gasteiger charge is -2.13. The summed E-state index contributed by atoms with van der Waals surface area (Å²) in [6, 6.07) is 8.30. The number of amides is 1. The highest BCUT2D eigenvalue weighted by Crippen LogP contribution is 2.03. The Bertz CT molecular complexity index is 367. The maximum Gasteiger partial charge on any atom is 0.326 e. The van der Waals surface area contributed by atoms with Gasteiger partial charge in [0, 0.05) is 6.42 Å². The van der Waals surface area contributed by atoms with Crippen LogP contribution in [0.1, 0.15) is 5.56 Å². The minimum absolute atomic E-state index is 0.103. The lowest BCUT2D eigenvalue weighted by atomic mass is 10.1. The predicted octanol–water partition coefficient (Wildman–Crippen LogP) is 1.19. The second kappa shape index (κ2) is 6.27. The van der Waals surface area contributed by atoms with Crippen LogP contribution >= 0.6 is 15.9 Å². The van der Waals surface area contributed by atoms with Crippen molar-refractivity contribution >= 4 is 27.8 Å². The average molecular weight is 286 g/mol. The van der Waals surface area contributed by atoms with Crippen molar-refractivity contribution in [3.63, 3.8) is 0 Å². The molecule has 0 unspecified atom stereocenters. The molecule has 0 heterocycles. The molecule has 2 N–H and O–H groups in total. The van der Waals surface area contributed by atoms with Gasteiger partial charge in [-0.15, -0.1) is 0 Å². The molecule has 1 aromatic carbocycles. The van der Waals surface area contributed by atoms with Gasteiger partial charge < -0.3 is 10.4 Å². The molecular weight excluding hydrogens is 274 g/mol. The fourth-order valence-electron chi connectivity index (χ4n) is 1.28. The summed E-state index contributed by atoms with van der Waals surface area (Å²) in [5.74, 6) is -1.36. The van der Waals surface area contributed by atoms with Gasteiger partial charge in [-0.1, -0.05) is 46.3 Å². The molecule has 86 valence electrons. The molecule has 16 heavy (non-hydrogen) atoms. The van der Waals surface area contributed by atoms with Crippen LogP contribution in [0.5, 0.6) is 0 Å². The summed E-state index contributed by atoms with van der Waals surface area (Å²) >= 11 is 2.97. The van der Waals surface area contributed by atoms with Crippen molar-refractivity contribution in [3.05, 3.63) is 35.9 Å². The van der Waals surface area contributed by atoms with Crippen LogP contribution in [0.4, 0.5) is 0 Å². The van der Waals surface area contributed by atoms with Crippen LogP contribution in [0.25, 0.3) is 0 Å². The summed E-state index contributed by atoms with van der Waals surface area (Å²) in [6.45, 7) is 0. The van der Waals surface area contributed by atoms with Crippen molar-refractivity contribution in [2.24, 2.45) is 0 Å². The Morgan fingerprint density at radius 3 is 2.44 bits per heavy atom. The van der Waals surface area contributed by atoms with Gasteiger partial charge in [0.2, 0.25) is 5.91 Å². The SMILES string of the molecule is O=C(CBr)N[C@H](Cc1ccccc1)C(=O)O. The third kappa shape index (κ3) is 4.02. The molecule has 0 bridgehead atoms. The van der Waals surface area contributed by atoms with Crippen LogP contribution in [-0.2, 0) is 16.0 Å². The van der Waals surface area contributed by atoms with Crippen LogP contribution in [0, 0.1) is 0 Å². The van der Waals surface area contributed by atoms with Crippen molar-refractivity contribution in [3.8, 4) is 0 Å². The van der Waals surface area contributed by atoms with Crippen molar-refractivity contribution in [1.82, 2.24) is 5.32 Å². The Morgan fingerprint density at radius 1 is 1.31 bits per heavy atom. The first-order valence-electron chi connectivity index (χ1n) is 4.75. The standard InChI is InChI=1S/C11H12BrNO3/c12-7-10(14)13-9(11(15)16)6-8-4-2-1-3-5-8/h1-5,9H,6-7H2,(H,13,14)(H,15,16)/t9-/m1/s1. The van der Waals surface area contributed by atoms with E-state index < -0.39 is 12.0 Å². The Labute approximate surface area is 102 Å². The first kappa shape index (κ1) is 12.7. The average Bonchev–Trinajstić information content (AvgIpc) is 2.29. The van der Waals surface area contributed by atoms with Crippen molar-refractivity contribution in [2.45, 2.75) is 12.5 Å². The first-order chi connectivity index (χ1) is 7.63. The van der Waals surface area contributed by atoms with E-state index in [9.17, 15) is 9.59 Å². The number of carbonyl (C=O) groups is 2. The van der Waals surface area contributed by atoms with Gasteiger partial charge in [-0.3, -0.25) is 4.79 Å². The van der Waals surface area contributed by atoms with Crippen molar-refractivity contribution in [1.29, 1.82) is 0 Å². The van der Waals surface area contributed by atoms with E-state index >= 15 is 0 Å². The summed E-state index contributed by atoms with van der Waals surface area (Å²) in [6.07, 6.45) is 0.287. The van der Waals surface area contributed by atoms with Gasteiger partial charge in [0.05, 0.1) is 5.33 Å². The van der Waals surface area contributed by atoms with Crippen LogP contribution < -0.4 is 5.32 Å². The molecule has 0 radical (unpaired) electrons. The zero-order chi connectivity index (χ0) is 12.0. The molecular formula is C11H12BrNO3. The molecule has 0 saturated heterocycles. The smallest absolute Gasteiger partial charge is 0.326 e. The molecule has 1 rings (SSSR count). The number of halogens is 1. The van der Waals surface area contributed by atoms with Crippen molar-refractivity contribution < 1.29 is 14.7 Å².